The number of carbonyl (C=O) groups excluding carboxylic acids is 1. The van der Waals surface area contributed by atoms with Crippen molar-refractivity contribution < 1.29 is 4.79 Å². The fraction of sp³-hybridized carbons (Fsp3) is 0.250. The molecule has 2 aromatic heterocycles. The van der Waals surface area contributed by atoms with Crippen LogP contribution in [-0.2, 0) is 6.54 Å². The van der Waals surface area contributed by atoms with Crippen molar-refractivity contribution in [3.05, 3.63) is 41.9 Å². The van der Waals surface area contributed by atoms with Gasteiger partial charge in [-0.1, -0.05) is 6.07 Å². The molecule has 114 valence electrons. The number of rotatable bonds is 3. The van der Waals surface area contributed by atoms with E-state index in [9.17, 15) is 4.79 Å². The Bertz CT molecular complexity index is 943. The number of aromatic nitrogens is 4. The zero-order valence-corrected chi connectivity index (χ0v) is 12.3. The molecule has 0 atom stereocenters. The summed E-state index contributed by atoms with van der Waals surface area (Å²) in [5, 5.41) is 10.6. The lowest BCUT2D eigenvalue weighted by molar-refractivity contribution is 0.0966. The molecular weight excluding hydrogens is 292 g/mol. The summed E-state index contributed by atoms with van der Waals surface area (Å²) in [6, 6.07) is 6.30. The fourth-order valence-electron chi connectivity index (χ4n) is 2.93. The van der Waals surface area contributed by atoms with E-state index in [0.29, 0.717) is 12.6 Å². The summed E-state index contributed by atoms with van der Waals surface area (Å²) < 4.78 is 1.80. The summed E-state index contributed by atoms with van der Waals surface area (Å²) >= 11 is 0. The minimum absolute atomic E-state index is 0.0143. The van der Waals surface area contributed by atoms with Gasteiger partial charge in [-0.15, -0.1) is 0 Å². The fourth-order valence-corrected chi connectivity index (χ4v) is 2.93. The Morgan fingerprint density at radius 1 is 1.26 bits per heavy atom. The van der Waals surface area contributed by atoms with Gasteiger partial charge in [-0.25, -0.2) is 14.5 Å². The van der Waals surface area contributed by atoms with Crippen molar-refractivity contribution in [2.45, 2.75) is 25.4 Å². The maximum atomic E-state index is 11.7. The van der Waals surface area contributed by atoms with Crippen LogP contribution in [0.3, 0.4) is 0 Å². The van der Waals surface area contributed by atoms with Gasteiger partial charge in [0.2, 0.25) is 0 Å². The molecule has 0 spiro atoms. The van der Waals surface area contributed by atoms with Crippen LogP contribution in [0.15, 0.2) is 30.7 Å². The largest absolute Gasteiger partial charge is 0.364 e. The third kappa shape index (κ3) is 1.97. The molecule has 1 saturated carbocycles. The van der Waals surface area contributed by atoms with Gasteiger partial charge in [0.05, 0.1) is 11.9 Å². The van der Waals surface area contributed by atoms with Crippen LogP contribution in [0.25, 0.3) is 16.9 Å². The molecular formula is C16H14N6O. The van der Waals surface area contributed by atoms with E-state index in [0.717, 1.165) is 33.8 Å². The third-order valence-electron chi connectivity index (χ3n) is 4.31. The van der Waals surface area contributed by atoms with Crippen molar-refractivity contribution in [3.8, 4) is 11.3 Å². The zero-order chi connectivity index (χ0) is 15.4. The maximum absolute atomic E-state index is 11.7. The Balaban J connectivity index is 1.63. The lowest BCUT2D eigenvalue weighted by atomic mass is 10.0. The van der Waals surface area contributed by atoms with Gasteiger partial charge in [0.1, 0.15) is 6.33 Å². The first-order valence-electron chi connectivity index (χ1n) is 7.66. The second-order valence-electron chi connectivity index (χ2n) is 5.96. The molecule has 1 amide bonds. The molecule has 0 bridgehead atoms. The number of hydrogen-bond acceptors (Lipinski definition) is 5. The van der Waals surface area contributed by atoms with E-state index in [1.807, 2.05) is 18.2 Å². The number of benzene rings is 1. The first-order valence-corrected chi connectivity index (χ1v) is 7.66. The van der Waals surface area contributed by atoms with Crippen molar-refractivity contribution >= 4 is 17.4 Å². The molecule has 7 heteroatoms. The number of fused-ring (bicyclic) bond motifs is 2. The normalized spacial score (nSPS) is 16.4. The standard InChI is InChI=1S/C16H14N6O/c23-16-12-4-1-9(5-10(12)6-18-16)13-7-17-14(21-11-2-3-11)15-19-8-20-22(13)15/h1,4-5,7-8,11H,2-3,6H2,(H,17,21)(H,18,23). The number of nitrogens with zero attached hydrogens (tertiary/aromatic N) is 4. The molecule has 3 aromatic rings. The lowest BCUT2D eigenvalue weighted by Gasteiger charge is -2.09. The van der Waals surface area contributed by atoms with E-state index in [-0.39, 0.29) is 5.91 Å². The van der Waals surface area contributed by atoms with Crippen LogP contribution in [0.2, 0.25) is 0 Å². The molecule has 7 nitrogen and oxygen atoms in total. The maximum Gasteiger partial charge on any atom is 0.251 e. The zero-order valence-electron chi connectivity index (χ0n) is 12.3. The number of hydrogen-bond donors (Lipinski definition) is 2. The van der Waals surface area contributed by atoms with Crippen LogP contribution in [0.4, 0.5) is 5.82 Å². The number of carbonyl (C=O) groups is 1. The van der Waals surface area contributed by atoms with Gasteiger partial charge in [-0.2, -0.15) is 5.10 Å². The van der Waals surface area contributed by atoms with Gasteiger partial charge in [0.15, 0.2) is 11.5 Å². The van der Waals surface area contributed by atoms with Gasteiger partial charge in [-0.3, -0.25) is 4.79 Å². The molecule has 0 saturated heterocycles. The monoisotopic (exact) mass is 306 g/mol. The van der Waals surface area contributed by atoms with Gasteiger partial charge in [0, 0.05) is 23.7 Å². The first-order chi connectivity index (χ1) is 11.3. The van der Waals surface area contributed by atoms with Crippen LogP contribution < -0.4 is 10.6 Å². The highest BCUT2D eigenvalue weighted by Gasteiger charge is 2.24. The molecule has 2 aliphatic rings. The quantitative estimate of drug-likeness (QED) is 0.768. The highest BCUT2D eigenvalue weighted by atomic mass is 16.1. The second kappa shape index (κ2) is 4.52. The average Bonchev–Trinajstić information content (AvgIpc) is 3.10. The van der Waals surface area contributed by atoms with Gasteiger partial charge in [0.25, 0.3) is 5.91 Å². The molecule has 0 unspecified atom stereocenters. The predicted molar refractivity (Wildman–Crippen MR) is 84.0 cm³/mol. The van der Waals surface area contributed by atoms with Crippen molar-refractivity contribution in [2.75, 3.05) is 5.32 Å². The Labute approximate surface area is 131 Å². The van der Waals surface area contributed by atoms with Crippen LogP contribution >= 0.6 is 0 Å². The highest BCUT2D eigenvalue weighted by Crippen LogP contribution is 2.29. The highest BCUT2D eigenvalue weighted by molar-refractivity contribution is 5.98. The van der Waals surface area contributed by atoms with Crippen molar-refractivity contribution in [2.24, 2.45) is 0 Å². The van der Waals surface area contributed by atoms with Crippen molar-refractivity contribution in [1.82, 2.24) is 24.9 Å². The molecule has 23 heavy (non-hydrogen) atoms. The van der Waals surface area contributed by atoms with Crippen LogP contribution in [0, 0.1) is 0 Å². The molecule has 2 N–H and O–H groups in total. The predicted octanol–water partition coefficient (Wildman–Crippen LogP) is 1.61. The van der Waals surface area contributed by atoms with Crippen molar-refractivity contribution in [1.29, 1.82) is 0 Å². The van der Waals surface area contributed by atoms with Gasteiger partial charge < -0.3 is 10.6 Å². The molecule has 1 fully saturated rings. The van der Waals surface area contributed by atoms with Crippen LogP contribution in [-0.4, -0.2) is 31.5 Å². The summed E-state index contributed by atoms with van der Waals surface area (Å²) in [6.45, 7) is 0.567. The summed E-state index contributed by atoms with van der Waals surface area (Å²) in [5.74, 6) is 0.756. The summed E-state index contributed by atoms with van der Waals surface area (Å²) in [4.78, 5) is 20.5. The van der Waals surface area contributed by atoms with Crippen molar-refractivity contribution in [3.63, 3.8) is 0 Å². The molecule has 5 rings (SSSR count). The SMILES string of the molecule is O=C1NCc2cc(-c3cnc(NC4CC4)c4ncnn34)ccc21. The van der Waals surface area contributed by atoms with Crippen LogP contribution in [0.1, 0.15) is 28.8 Å². The van der Waals surface area contributed by atoms with E-state index in [1.165, 1.54) is 19.2 Å². The minimum Gasteiger partial charge on any atom is -0.364 e. The second-order valence-corrected chi connectivity index (χ2v) is 5.96. The summed E-state index contributed by atoms with van der Waals surface area (Å²) in [7, 11) is 0. The Morgan fingerprint density at radius 2 is 2.17 bits per heavy atom. The first kappa shape index (κ1) is 12.6. The molecule has 0 radical (unpaired) electrons. The van der Waals surface area contributed by atoms with Crippen LogP contribution in [0.5, 0.6) is 0 Å². The van der Waals surface area contributed by atoms with Gasteiger partial charge >= 0.3 is 0 Å². The molecule has 3 heterocycles. The summed E-state index contributed by atoms with van der Waals surface area (Å²) in [5.41, 5.74) is 4.30. The number of anilines is 1. The van der Waals surface area contributed by atoms with Gasteiger partial charge in [-0.05, 0) is 30.5 Å². The molecule has 1 aliphatic heterocycles. The number of nitrogens with one attached hydrogen (secondary N) is 2. The minimum atomic E-state index is -0.0143. The number of amides is 1. The topological polar surface area (TPSA) is 84.2 Å². The summed E-state index contributed by atoms with van der Waals surface area (Å²) in [6.07, 6.45) is 5.69. The Morgan fingerprint density at radius 3 is 3.04 bits per heavy atom. The van der Waals surface area contributed by atoms with E-state index >= 15 is 0 Å². The van der Waals surface area contributed by atoms with E-state index in [2.05, 4.69) is 25.7 Å². The van der Waals surface area contributed by atoms with E-state index in [4.69, 9.17) is 0 Å². The smallest absolute Gasteiger partial charge is 0.251 e. The average molecular weight is 306 g/mol. The molecule has 1 aliphatic carbocycles. The third-order valence-corrected chi connectivity index (χ3v) is 4.31. The Kier molecular flexibility index (Phi) is 2.47. The Hall–Kier alpha value is -2.96. The van der Waals surface area contributed by atoms with E-state index < -0.39 is 0 Å². The molecule has 1 aromatic carbocycles. The lowest BCUT2D eigenvalue weighted by Crippen LogP contribution is -2.12. The van der Waals surface area contributed by atoms with E-state index in [1.54, 1.807) is 10.7 Å².